The lowest BCUT2D eigenvalue weighted by Gasteiger charge is -2.28. The summed E-state index contributed by atoms with van der Waals surface area (Å²) in [6, 6.07) is 2.38. The fourth-order valence-corrected chi connectivity index (χ4v) is 2.85. The van der Waals surface area contributed by atoms with Crippen molar-refractivity contribution < 1.29 is 9.53 Å². The Morgan fingerprint density at radius 3 is 2.59 bits per heavy atom. The number of carbonyl (C=O) groups is 1. The van der Waals surface area contributed by atoms with Crippen molar-refractivity contribution >= 4 is 5.91 Å². The summed E-state index contributed by atoms with van der Waals surface area (Å²) >= 11 is 0. The average molecular weight is 236 g/mol. The van der Waals surface area contributed by atoms with E-state index in [2.05, 4.69) is 6.07 Å². The standard InChI is InChI=1S/C13H20N2O2/c1-10-6-7-12(17-10)13(16)15(9-8-14)11-4-2-3-5-11/h10-12H,2-7,9H2,1H3. The lowest BCUT2D eigenvalue weighted by molar-refractivity contribution is -0.144. The second kappa shape index (κ2) is 5.50. The van der Waals surface area contributed by atoms with Gasteiger partial charge in [-0.25, -0.2) is 0 Å². The summed E-state index contributed by atoms with van der Waals surface area (Å²) in [6.07, 6.45) is 6.03. The van der Waals surface area contributed by atoms with Crippen molar-refractivity contribution in [3.8, 4) is 6.07 Å². The van der Waals surface area contributed by atoms with Gasteiger partial charge in [-0.15, -0.1) is 0 Å². The smallest absolute Gasteiger partial charge is 0.252 e. The lowest BCUT2D eigenvalue weighted by atomic mass is 10.1. The minimum Gasteiger partial charge on any atom is -0.365 e. The number of rotatable bonds is 3. The number of hydrogen-bond acceptors (Lipinski definition) is 3. The van der Waals surface area contributed by atoms with Gasteiger partial charge in [0.25, 0.3) is 5.91 Å². The van der Waals surface area contributed by atoms with Gasteiger partial charge in [0.15, 0.2) is 0 Å². The first-order chi connectivity index (χ1) is 8.22. The van der Waals surface area contributed by atoms with Gasteiger partial charge < -0.3 is 9.64 Å². The van der Waals surface area contributed by atoms with Crippen LogP contribution < -0.4 is 0 Å². The maximum absolute atomic E-state index is 12.3. The molecule has 2 unspecified atom stereocenters. The molecule has 1 aliphatic heterocycles. The van der Waals surface area contributed by atoms with E-state index in [0.717, 1.165) is 25.7 Å². The summed E-state index contributed by atoms with van der Waals surface area (Å²) in [5.74, 6) is 0.0304. The number of hydrogen-bond donors (Lipinski definition) is 0. The van der Waals surface area contributed by atoms with Crippen LogP contribution in [-0.4, -0.2) is 35.6 Å². The van der Waals surface area contributed by atoms with E-state index in [-0.39, 0.29) is 30.7 Å². The van der Waals surface area contributed by atoms with Gasteiger partial charge >= 0.3 is 0 Å². The molecular formula is C13H20N2O2. The van der Waals surface area contributed by atoms with Crippen LogP contribution >= 0.6 is 0 Å². The van der Waals surface area contributed by atoms with E-state index in [9.17, 15) is 4.79 Å². The van der Waals surface area contributed by atoms with E-state index >= 15 is 0 Å². The van der Waals surface area contributed by atoms with Crippen molar-refractivity contribution in [1.29, 1.82) is 5.26 Å². The fraction of sp³-hybridized carbons (Fsp3) is 0.846. The second-order valence-electron chi connectivity index (χ2n) is 5.08. The van der Waals surface area contributed by atoms with Gasteiger partial charge in [0.1, 0.15) is 12.6 Å². The highest BCUT2D eigenvalue weighted by Crippen LogP contribution is 2.27. The number of nitriles is 1. The minimum absolute atomic E-state index is 0.0304. The maximum Gasteiger partial charge on any atom is 0.252 e. The highest BCUT2D eigenvalue weighted by Gasteiger charge is 2.35. The molecule has 0 bridgehead atoms. The van der Waals surface area contributed by atoms with Crippen LogP contribution in [0.3, 0.4) is 0 Å². The van der Waals surface area contributed by atoms with E-state index in [4.69, 9.17) is 10.00 Å². The molecule has 1 amide bonds. The normalized spacial score (nSPS) is 29.2. The summed E-state index contributed by atoms with van der Waals surface area (Å²) in [4.78, 5) is 14.1. The van der Waals surface area contributed by atoms with Crippen LogP contribution in [0.1, 0.15) is 45.4 Å². The van der Waals surface area contributed by atoms with Crippen LogP contribution in [0.2, 0.25) is 0 Å². The number of nitrogens with zero attached hydrogens (tertiary/aromatic N) is 2. The van der Waals surface area contributed by atoms with Crippen molar-refractivity contribution in [1.82, 2.24) is 4.90 Å². The predicted molar refractivity (Wildman–Crippen MR) is 63.2 cm³/mol. The molecule has 0 spiro atoms. The molecule has 94 valence electrons. The van der Waals surface area contributed by atoms with Crippen molar-refractivity contribution in [2.24, 2.45) is 0 Å². The molecule has 2 atom stereocenters. The predicted octanol–water partition coefficient (Wildman–Crippen LogP) is 1.85. The third-order valence-electron chi connectivity index (χ3n) is 3.80. The molecule has 0 aromatic heterocycles. The number of amides is 1. The van der Waals surface area contributed by atoms with E-state index in [1.54, 1.807) is 4.90 Å². The molecule has 0 aromatic carbocycles. The highest BCUT2D eigenvalue weighted by molar-refractivity contribution is 5.81. The second-order valence-corrected chi connectivity index (χ2v) is 5.08. The monoisotopic (exact) mass is 236 g/mol. The van der Waals surface area contributed by atoms with E-state index < -0.39 is 0 Å². The first-order valence-corrected chi connectivity index (χ1v) is 6.55. The molecule has 4 heteroatoms. The van der Waals surface area contributed by atoms with Gasteiger partial charge in [-0.2, -0.15) is 5.26 Å². The van der Waals surface area contributed by atoms with Crippen molar-refractivity contribution in [3.05, 3.63) is 0 Å². The molecule has 0 N–H and O–H groups in total. The zero-order valence-corrected chi connectivity index (χ0v) is 10.4. The van der Waals surface area contributed by atoms with E-state index in [1.807, 2.05) is 6.92 Å². The van der Waals surface area contributed by atoms with Gasteiger partial charge in [-0.3, -0.25) is 4.79 Å². The summed E-state index contributed by atoms with van der Waals surface area (Å²) in [5.41, 5.74) is 0. The SMILES string of the molecule is CC1CCC(C(=O)N(CC#N)C2CCCC2)O1. The molecular weight excluding hydrogens is 216 g/mol. The van der Waals surface area contributed by atoms with Gasteiger partial charge in [0, 0.05) is 6.04 Å². The van der Waals surface area contributed by atoms with Gasteiger partial charge in [-0.05, 0) is 32.6 Å². The molecule has 2 fully saturated rings. The molecule has 1 saturated carbocycles. The molecule has 0 aromatic rings. The quantitative estimate of drug-likeness (QED) is 0.703. The van der Waals surface area contributed by atoms with Crippen LogP contribution in [0.25, 0.3) is 0 Å². The van der Waals surface area contributed by atoms with Crippen LogP contribution in [0.5, 0.6) is 0 Å². The third kappa shape index (κ3) is 2.78. The number of carbonyl (C=O) groups excluding carboxylic acids is 1. The largest absolute Gasteiger partial charge is 0.365 e. The van der Waals surface area contributed by atoms with E-state index in [0.29, 0.717) is 0 Å². The van der Waals surface area contributed by atoms with Crippen molar-refractivity contribution in [2.75, 3.05) is 6.54 Å². The molecule has 2 rings (SSSR count). The molecule has 1 saturated heterocycles. The average Bonchev–Trinajstić information content (AvgIpc) is 2.95. The van der Waals surface area contributed by atoms with Gasteiger partial charge in [-0.1, -0.05) is 12.8 Å². The maximum atomic E-state index is 12.3. The van der Waals surface area contributed by atoms with Crippen molar-refractivity contribution in [2.45, 2.75) is 63.7 Å². The van der Waals surface area contributed by atoms with Crippen molar-refractivity contribution in [3.63, 3.8) is 0 Å². The Kier molecular flexibility index (Phi) is 4.01. The van der Waals surface area contributed by atoms with Crippen LogP contribution in [0, 0.1) is 11.3 Å². The molecule has 2 aliphatic rings. The Morgan fingerprint density at radius 2 is 2.06 bits per heavy atom. The van der Waals surface area contributed by atoms with Crippen LogP contribution in [0.4, 0.5) is 0 Å². The highest BCUT2D eigenvalue weighted by atomic mass is 16.5. The van der Waals surface area contributed by atoms with E-state index in [1.165, 1.54) is 12.8 Å². The summed E-state index contributed by atoms with van der Waals surface area (Å²) in [5, 5.41) is 8.86. The summed E-state index contributed by atoms with van der Waals surface area (Å²) in [6.45, 7) is 2.20. The topological polar surface area (TPSA) is 53.3 Å². The zero-order valence-electron chi connectivity index (χ0n) is 10.4. The molecule has 1 heterocycles. The fourth-order valence-electron chi connectivity index (χ4n) is 2.85. The summed E-state index contributed by atoms with van der Waals surface area (Å²) in [7, 11) is 0. The third-order valence-corrected chi connectivity index (χ3v) is 3.80. The Hall–Kier alpha value is -1.08. The zero-order chi connectivity index (χ0) is 12.3. The Bertz CT molecular complexity index is 318. The molecule has 1 aliphatic carbocycles. The molecule has 17 heavy (non-hydrogen) atoms. The van der Waals surface area contributed by atoms with Crippen LogP contribution in [0.15, 0.2) is 0 Å². The first-order valence-electron chi connectivity index (χ1n) is 6.55. The Balaban J connectivity index is 2.00. The van der Waals surface area contributed by atoms with Gasteiger partial charge in [0.05, 0.1) is 12.2 Å². The summed E-state index contributed by atoms with van der Waals surface area (Å²) < 4.78 is 5.61. The molecule has 4 nitrogen and oxygen atoms in total. The first kappa shape index (κ1) is 12.4. The van der Waals surface area contributed by atoms with Gasteiger partial charge in [0.2, 0.25) is 0 Å². The number of ether oxygens (including phenoxy) is 1. The Morgan fingerprint density at radius 1 is 1.35 bits per heavy atom. The minimum atomic E-state index is -0.307. The van der Waals surface area contributed by atoms with Crippen LogP contribution in [-0.2, 0) is 9.53 Å². The Labute approximate surface area is 103 Å². The molecule has 0 radical (unpaired) electrons. The lowest BCUT2D eigenvalue weighted by Crippen LogP contribution is -2.44.